The second-order valence-electron chi connectivity index (χ2n) is 4.67. The number of carbonyl (C=O) groups excluding carboxylic acids is 1. The third-order valence-electron chi connectivity index (χ3n) is 2.94. The Bertz CT molecular complexity index is 590. The highest BCUT2D eigenvalue weighted by Gasteiger charge is 2.23. The van der Waals surface area contributed by atoms with Crippen molar-refractivity contribution in [3.8, 4) is 0 Å². The first-order valence-electron chi connectivity index (χ1n) is 6.33. The molecule has 1 aliphatic rings. The molecule has 0 saturated heterocycles. The molecule has 5 heteroatoms. The number of nitrogens with one attached hydrogen (secondary N) is 2. The van der Waals surface area contributed by atoms with Crippen LogP contribution in [0.15, 0.2) is 30.3 Å². The summed E-state index contributed by atoms with van der Waals surface area (Å²) >= 11 is 1.42. The van der Waals surface area contributed by atoms with Gasteiger partial charge >= 0.3 is 0 Å². The molecule has 4 nitrogen and oxygen atoms in total. The summed E-state index contributed by atoms with van der Waals surface area (Å²) in [6, 6.07) is 10.0. The Labute approximate surface area is 115 Å². The van der Waals surface area contributed by atoms with Crippen LogP contribution in [-0.2, 0) is 0 Å². The highest BCUT2D eigenvalue weighted by atomic mass is 32.1. The Morgan fingerprint density at radius 3 is 2.74 bits per heavy atom. The minimum absolute atomic E-state index is 0.0925. The molecule has 2 aromatic rings. The number of anilines is 2. The number of benzene rings is 1. The van der Waals surface area contributed by atoms with Crippen molar-refractivity contribution in [2.45, 2.75) is 25.8 Å². The largest absolute Gasteiger partial charge is 0.359 e. The van der Waals surface area contributed by atoms with Gasteiger partial charge in [0.05, 0.1) is 5.69 Å². The van der Waals surface area contributed by atoms with Crippen LogP contribution in [0.1, 0.15) is 28.2 Å². The molecule has 0 atom stereocenters. The van der Waals surface area contributed by atoms with Crippen molar-refractivity contribution < 1.29 is 4.79 Å². The summed E-state index contributed by atoms with van der Waals surface area (Å²) in [6.07, 6.45) is 2.40. The number of amides is 1. The molecule has 19 heavy (non-hydrogen) atoms. The Kier molecular flexibility index (Phi) is 3.21. The summed E-state index contributed by atoms with van der Waals surface area (Å²) in [7, 11) is 0. The molecule has 98 valence electrons. The Morgan fingerprint density at radius 2 is 2.05 bits per heavy atom. The van der Waals surface area contributed by atoms with Gasteiger partial charge in [-0.3, -0.25) is 4.79 Å². The van der Waals surface area contributed by atoms with E-state index in [9.17, 15) is 4.79 Å². The Hall–Kier alpha value is -1.88. The Morgan fingerprint density at radius 1 is 1.32 bits per heavy atom. The first-order chi connectivity index (χ1) is 9.22. The second-order valence-corrected chi connectivity index (χ2v) is 5.67. The average Bonchev–Trinajstić information content (AvgIpc) is 3.13. The van der Waals surface area contributed by atoms with Gasteiger partial charge in [-0.2, -0.15) is 0 Å². The van der Waals surface area contributed by atoms with Gasteiger partial charge in [0.15, 0.2) is 5.13 Å². The number of hydrogen-bond acceptors (Lipinski definition) is 4. The first-order valence-corrected chi connectivity index (χ1v) is 7.14. The van der Waals surface area contributed by atoms with E-state index in [1.807, 2.05) is 37.3 Å². The number of thiazole rings is 1. The van der Waals surface area contributed by atoms with Crippen LogP contribution in [-0.4, -0.2) is 16.9 Å². The predicted octanol–water partition coefficient (Wildman–Crippen LogP) is 3.28. The fourth-order valence-electron chi connectivity index (χ4n) is 1.78. The monoisotopic (exact) mass is 273 g/mol. The lowest BCUT2D eigenvalue weighted by atomic mass is 10.3. The summed E-state index contributed by atoms with van der Waals surface area (Å²) in [5.74, 6) is -0.0925. The summed E-state index contributed by atoms with van der Waals surface area (Å²) in [5.41, 5.74) is 1.58. The number of para-hydroxylation sites is 1. The normalized spacial score (nSPS) is 14.2. The molecular formula is C14H15N3OS. The SMILES string of the molecule is Cc1nc(NC2CC2)sc1C(=O)Nc1ccccc1. The zero-order chi connectivity index (χ0) is 13.2. The molecule has 1 heterocycles. The standard InChI is InChI=1S/C14H15N3OS/c1-9-12(19-14(15-9)17-11-7-8-11)13(18)16-10-5-3-2-4-6-10/h2-6,11H,7-8H2,1H3,(H,15,17)(H,16,18). The lowest BCUT2D eigenvalue weighted by Gasteiger charge is -2.02. The van der Waals surface area contributed by atoms with E-state index in [0.717, 1.165) is 16.5 Å². The van der Waals surface area contributed by atoms with E-state index in [0.29, 0.717) is 10.9 Å². The molecule has 1 aliphatic carbocycles. The first kappa shape index (κ1) is 12.2. The van der Waals surface area contributed by atoms with E-state index >= 15 is 0 Å². The molecule has 0 spiro atoms. The molecule has 1 fully saturated rings. The average molecular weight is 273 g/mol. The minimum atomic E-state index is -0.0925. The van der Waals surface area contributed by atoms with Gasteiger partial charge in [0.1, 0.15) is 4.88 Å². The van der Waals surface area contributed by atoms with Gasteiger partial charge in [-0.05, 0) is 31.9 Å². The Balaban J connectivity index is 1.73. The van der Waals surface area contributed by atoms with E-state index in [1.54, 1.807) is 0 Å². The molecule has 1 amide bonds. The van der Waals surface area contributed by atoms with Crippen LogP contribution in [0, 0.1) is 6.92 Å². The van der Waals surface area contributed by atoms with E-state index in [2.05, 4.69) is 15.6 Å². The van der Waals surface area contributed by atoms with Crippen LogP contribution in [0.2, 0.25) is 0 Å². The minimum Gasteiger partial charge on any atom is -0.359 e. The van der Waals surface area contributed by atoms with E-state index < -0.39 is 0 Å². The summed E-state index contributed by atoms with van der Waals surface area (Å²) in [6.45, 7) is 1.87. The molecule has 0 aliphatic heterocycles. The van der Waals surface area contributed by atoms with Crippen LogP contribution < -0.4 is 10.6 Å². The van der Waals surface area contributed by atoms with Crippen LogP contribution >= 0.6 is 11.3 Å². The fourth-order valence-corrected chi connectivity index (χ4v) is 2.72. The zero-order valence-corrected chi connectivity index (χ0v) is 11.5. The number of rotatable bonds is 4. The number of aromatic nitrogens is 1. The van der Waals surface area contributed by atoms with Crippen molar-refractivity contribution in [1.29, 1.82) is 0 Å². The van der Waals surface area contributed by atoms with Gasteiger partial charge in [-0.25, -0.2) is 4.98 Å². The molecule has 1 saturated carbocycles. The maximum Gasteiger partial charge on any atom is 0.267 e. The number of carbonyl (C=O) groups is 1. The maximum absolute atomic E-state index is 12.2. The summed E-state index contributed by atoms with van der Waals surface area (Å²) in [5, 5.41) is 7.05. The number of nitrogens with zero attached hydrogens (tertiary/aromatic N) is 1. The van der Waals surface area contributed by atoms with E-state index in [1.165, 1.54) is 24.2 Å². The smallest absolute Gasteiger partial charge is 0.267 e. The van der Waals surface area contributed by atoms with Crippen molar-refractivity contribution >= 4 is 28.1 Å². The van der Waals surface area contributed by atoms with Crippen molar-refractivity contribution in [3.05, 3.63) is 40.9 Å². The maximum atomic E-state index is 12.2. The van der Waals surface area contributed by atoms with Gasteiger partial charge in [0.2, 0.25) is 0 Å². The quantitative estimate of drug-likeness (QED) is 0.899. The van der Waals surface area contributed by atoms with Crippen LogP contribution in [0.5, 0.6) is 0 Å². The lowest BCUT2D eigenvalue weighted by molar-refractivity contribution is 0.103. The van der Waals surface area contributed by atoms with Crippen LogP contribution in [0.25, 0.3) is 0 Å². The molecular weight excluding hydrogens is 258 g/mol. The topological polar surface area (TPSA) is 54.0 Å². The molecule has 0 radical (unpaired) electrons. The van der Waals surface area contributed by atoms with E-state index in [4.69, 9.17) is 0 Å². The van der Waals surface area contributed by atoms with E-state index in [-0.39, 0.29) is 5.91 Å². The highest BCUT2D eigenvalue weighted by Crippen LogP contribution is 2.29. The second kappa shape index (κ2) is 5.01. The molecule has 0 unspecified atom stereocenters. The molecule has 1 aromatic heterocycles. The lowest BCUT2D eigenvalue weighted by Crippen LogP contribution is -2.11. The van der Waals surface area contributed by atoms with Crippen LogP contribution in [0.3, 0.4) is 0 Å². The molecule has 1 aromatic carbocycles. The van der Waals surface area contributed by atoms with Gasteiger partial charge in [0, 0.05) is 11.7 Å². The highest BCUT2D eigenvalue weighted by molar-refractivity contribution is 7.17. The van der Waals surface area contributed by atoms with Gasteiger partial charge < -0.3 is 10.6 Å². The third-order valence-corrected chi connectivity index (χ3v) is 4.03. The zero-order valence-electron chi connectivity index (χ0n) is 10.6. The van der Waals surface area contributed by atoms with Crippen molar-refractivity contribution in [3.63, 3.8) is 0 Å². The van der Waals surface area contributed by atoms with Crippen molar-refractivity contribution in [2.75, 3.05) is 10.6 Å². The number of aryl methyl sites for hydroxylation is 1. The summed E-state index contributed by atoms with van der Waals surface area (Å²) < 4.78 is 0. The van der Waals surface area contributed by atoms with Gasteiger partial charge in [-0.15, -0.1) is 0 Å². The molecule has 3 rings (SSSR count). The predicted molar refractivity (Wildman–Crippen MR) is 77.9 cm³/mol. The van der Waals surface area contributed by atoms with Gasteiger partial charge in [-0.1, -0.05) is 29.5 Å². The molecule has 2 N–H and O–H groups in total. The van der Waals surface area contributed by atoms with Crippen molar-refractivity contribution in [1.82, 2.24) is 4.98 Å². The third kappa shape index (κ3) is 2.93. The van der Waals surface area contributed by atoms with Crippen LogP contribution in [0.4, 0.5) is 10.8 Å². The summed E-state index contributed by atoms with van der Waals surface area (Å²) in [4.78, 5) is 17.3. The number of hydrogen-bond donors (Lipinski definition) is 2. The van der Waals surface area contributed by atoms with Crippen molar-refractivity contribution in [2.24, 2.45) is 0 Å². The molecule has 0 bridgehead atoms. The fraction of sp³-hybridized carbons (Fsp3) is 0.286. The van der Waals surface area contributed by atoms with Gasteiger partial charge in [0.25, 0.3) is 5.91 Å².